The number of hydrogen-bond donors (Lipinski definition) is 1. The van der Waals surface area contributed by atoms with Gasteiger partial charge < -0.3 is 9.47 Å². The molecule has 0 saturated carbocycles. The fourth-order valence-electron chi connectivity index (χ4n) is 2.49. The predicted molar refractivity (Wildman–Crippen MR) is 101 cm³/mol. The number of halogens is 1. The fourth-order valence-corrected chi connectivity index (χ4v) is 3.48. The second-order valence-corrected chi connectivity index (χ2v) is 7.05. The van der Waals surface area contributed by atoms with Gasteiger partial charge in [-0.15, -0.1) is 11.3 Å². The Morgan fingerprint density at radius 2 is 2.07 bits per heavy atom. The Hall–Kier alpha value is -3.27. The maximum atomic E-state index is 13.6. The first-order chi connectivity index (χ1) is 13.3. The molecule has 1 N–H and O–H groups in total. The zero-order chi connectivity index (χ0) is 20.4. The number of amides is 1. The first kappa shape index (κ1) is 19.5. The van der Waals surface area contributed by atoms with E-state index in [2.05, 4.69) is 10.4 Å². The number of nitrogens with one attached hydrogen (secondary N) is 1. The lowest BCUT2D eigenvalue weighted by atomic mass is 10.2. The standard InChI is InChI=1S/C18H16FN3O5S/c1-9-10(2)28-16-15(9)17(24)22(8-20-16)21-14(23)7-27-18(25)11-4-5-13(26-3)12(19)6-11/h4-6,8H,7H2,1-3H3,(H,21,23). The molecule has 0 radical (unpaired) electrons. The Morgan fingerprint density at radius 3 is 2.75 bits per heavy atom. The second-order valence-electron chi connectivity index (χ2n) is 5.84. The summed E-state index contributed by atoms with van der Waals surface area (Å²) in [6.07, 6.45) is 1.19. The average Bonchev–Trinajstić information content (AvgIpc) is 2.96. The number of carbonyl (C=O) groups is 2. The van der Waals surface area contributed by atoms with Crippen molar-refractivity contribution in [3.05, 3.63) is 56.7 Å². The number of hydrogen-bond acceptors (Lipinski definition) is 7. The van der Waals surface area contributed by atoms with Crippen molar-refractivity contribution >= 4 is 33.4 Å². The molecule has 0 aliphatic rings. The van der Waals surface area contributed by atoms with Crippen LogP contribution in [0.2, 0.25) is 0 Å². The summed E-state index contributed by atoms with van der Waals surface area (Å²) in [5.74, 6) is -2.37. The van der Waals surface area contributed by atoms with Crippen molar-refractivity contribution in [1.82, 2.24) is 9.66 Å². The van der Waals surface area contributed by atoms with Crippen molar-refractivity contribution in [2.45, 2.75) is 13.8 Å². The summed E-state index contributed by atoms with van der Waals surface area (Å²) in [6.45, 7) is 3.03. The molecule has 0 unspecified atom stereocenters. The van der Waals surface area contributed by atoms with Crippen LogP contribution in [-0.2, 0) is 9.53 Å². The quantitative estimate of drug-likeness (QED) is 0.653. The first-order valence-electron chi connectivity index (χ1n) is 8.09. The largest absolute Gasteiger partial charge is 0.494 e. The van der Waals surface area contributed by atoms with Crippen molar-refractivity contribution in [3.8, 4) is 5.75 Å². The summed E-state index contributed by atoms with van der Waals surface area (Å²) in [5.41, 5.74) is 2.61. The molecule has 3 aromatic rings. The molecule has 1 aromatic carbocycles. The van der Waals surface area contributed by atoms with Gasteiger partial charge in [-0.05, 0) is 37.6 Å². The minimum absolute atomic E-state index is 0.0180. The molecule has 0 aliphatic carbocycles. The van der Waals surface area contributed by atoms with Crippen LogP contribution in [0.4, 0.5) is 4.39 Å². The van der Waals surface area contributed by atoms with E-state index in [0.29, 0.717) is 10.2 Å². The van der Waals surface area contributed by atoms with E-state index in [4.69, 9.17) is 9.47 Å². The highest BCUT2D eigenvalue weighted by Gasteiger charge is 2.16. The van der Waals surface area contributed by atoms with Crippen molar-refractivity contribution in [2.24, 2.45) is 0 Å². The van der Waals surface area contributed by atoms with E-state index in [9.17, 15) is 18.8 Å². The lowest BCUT2D eigenvalue weighted by molar-refractivity contribution is -0.120. The number of nitrogens with zero attached hydrogens (tertiary/aromatic N) is 2. The van der Waals surface area contributed by atoms with Crippen molar-refractivity contribution < 1.29 is 23.5 Å². The van der Waals surface area contributed by atoms with E-state index in [-0.39, 0.29) is 11.3 Å². The summed E-state index contributed by atoms with van der Waals surface area (Å²) in [5, 5.41) is 0.427. The molecule has 0 aliphatic heterocycles. The number of fused-ring (bicyclic) bond motifs is 1. The SMILES string of the molecule is COc1ccc(C(=O)OCC(=O)Nn2cnc3sc(C)c(C)c3c2=O)cc1F. The number of esters is 1. The molecule has 146 valence electrons. The van der Waals surface area contributed by atoms with Crippen LogP contribution in [0.5, 0.6) is 5.75 Å². The minimum atomic E-state index is -0.887. The lowest BCUT2D eigenvalue weighted by Crippen LogP contribution is -2.35. The third-order valence-electron chi connectivity index (χ3n) is 4.06. The Morgan fingerprint density at radius 1 is 1.32 bits per heavy atom. The number of aryl methyl sites for hydroxylation is 2. The Kier molecular flexibility index (Phi) is 5.41. The summed E-state index contributed by atoms with van der Waals surface area (Å²) in [6, 6.07) is 3.53. The van der Waals surface area contributed by atoms with Gasteiger partial charge in [0.2, 0.25) is 0 Å². The highest BCUT2D eigenvalue weighted by atomic mass is 32.1. The molecule has 0 spiro atoms. The highest BCUT2D eigenvalue weighted by Crippen LogP contribution is 2.25. The van der Waals surface area contributed by atoms with Crippen molar-refractivity contribution in [1.29, 1.82) is 0 Å². The van der Waals surface area contributed by atoms with Crippen LogP contribution in [0.1, 0.15) is 20.8 Å². The number of rotatable bonds is 5. The monoisotopic (exact) mass is 405 g/mol. The van der Waals surface area contributed by atoms with E-state index >= 15 is 0 Å². The van der Waals surface area contributed by atoms with Gasteiger partial charge in [-0.1, -0.05) is 0 Å². The summed E-state index contributed by atoms with van der Waals surface area (Å²) >= 11 is 1.39. The van der Waals surface area contributed by atoms with Crippen LogP contribution in [0.25, 0.3) is 10.2 Å². The van der Waals surface area contributed by atoms with Crippen molar-refractivity contribution in [3.63, 3.8) is 0 Å². The molecule has 8 nitrogen and oxygen atoms in total. The zero-order valence-corrected chi connectivity index (χ0v) is 16.1. The molecule has 2 aromatic heterocycles. The number of benzene rings is 1. The number of carbonyl (C=O) groups excluding carboxylic acids is 2. The molecule has 28 heavy (non-hydrogen) atoms. The van der Waals surface area contributed by atoms with Crippen LogP contribution >= 0.6 is 11.3 Å². The van der Waals surface area contributed by atoms with E-state index in [1.54, 1.807) is 6.92 Å². The summed E-state index contributed by atoms with van der Waals surface area (Å²) < 4.78 is 24.2. The first-order valence-corrected chi connectivity index (χ1v) is 8.91. The van der Waals surface area contributed by atoms with Gasteiger partial charge in [0.1, 0.15) is 11.2 Å². The van der Waals surface area contributed by atoms with Gasteiger partial charge in [0.15, 0.2) is 18.2 Å². The van der Waals surface area contributed by atoms with E-state index in [1.165, 1.54) is 36.9 Å². The maximum Gasteiger partial charge on any atom is 0.338 e. The van der Waals surface area contributed by atoms with Gasteiger partial charge in [0.25, 0.3) is 11.5 Å². The Balaban J connectivity index is 1.68. The van der Waals surface area contributed by atoms with Crippen LogP contribution < -0.4 is 15.7 Å². The third kappa shape index (κ3) is 3.72. The number of thiophene rings is 1. The van der Waals surface area contributed by atoms with E-state index in [0.717, 1.165) is 21.2 Å². The third-order valence-corrected chi connectivity index (χ3v) is 5.17. The summed E-state index contributed by atoms with van der Waals surface area (Å²) in [4.78, 5) is 42.2. The van der Waals surface area contributed by atoms with Crippen LogP contribution in [0, 0.1) is 19.7 Å². The topological polar surface area (TPSA) is 99.5 Å². The van der Waals surface area contributed by atoms with Gasteiger partial charge >= 0.3 is 5.97 Å². The van der Waals surface area contributed by atoms with Gasteiger partial charge in [-0.2, -0.15) is 0 Å². The number of aromatic nitrogens is 2. The molecule has 2 heterocycles. The second kappa shape index (κ2) is 7.77. The molecule has 3 rings (SSSR count). The number of methoxy groups -OCH3 is 1. The number of ether oxygens (including phenoxy) is 2. The van der Waals surface area contributed by atoms with E-state index < -0.39 is 29.9 Å². The van der Waals surface area contributed by atoms with Crippen LogP contribution in [0.3, 0.4) is 0 Å². The van der Waals surface area contributed by atoms with Gasteiger partial charge in [-0.3, -0.25) is 15.0 Å². The predicted octanol–water partition coefficient (Wildman–Crippen LogP) is 2.15. The highest BCUT2D eigenvalue weighted by molar-refractivity contribution is 7.18. The molecule has 1 amide bonds. The molecule has 10 heteroatoms. The summed E-state index contributed by atoms with van der Waals surface area (Å²) in [7, 11) is 1.30. The van der Waals surface area contributed by atoms with Crippen molar-refractivity contribution in [2.75, 3.05) is 19.1 Å². The maximum absolute atomic E-state index is 13.6. The Labute approximate surface area is 162 Å². The smallest absolute Gasteiger partial charge is 0.338 e. The average molecular weight is 405 g/mol. The molecule has 0 bridgehead atoms. The van der Waals surface area contributed by atoms with Crippen LogP contribution in [0.15, 0.2) is 29.3 Å². The molecule has 0 saturated heterocycles. The minimum Gasteiger partial charge on any atom is -0.494 e. The molecular weight excluding hydrogens is 389 g/mol. The zero-order valence-electron chi connectivity index (χ0n) is 15.2. The molecule has 0 fully saturated rings. The van der Waals surface area contributed by atoms with Crippen LogP contribution in [-0.4, -0.2) is 35.3 Å². The van der Waals surface area contributed by atoms with Gasteiger partial charge in [0, 0.05) is 4.88 Å². The Bertz CT molecular complexity index is 1140. The lowest BCUT2D eigenvalue weighted by Gasteiger charge is -2.09. The van der Waals surface area contributed by atoms with E-state index in [1.807, 2.05) is 6.92 Å². The molecular formula is C18H16FN3O5S. The van der Waals surface area contributed by atoms with Gasteiger partial charge in [0.05, 0.1) is 18.1 Å². The fraction of sp³-hybridized carbons (Fsp3) is 0.222. The van der Waals surface area contributed by atoms with Gasteiger partial charge in [-0.25, -0.2) is 18.8 Å². The normalized spacial score (nSPS) is 10.7. The molecule has 0 atom stereocenters.